The van der Waals surface area contributed by atoms with Gasteiger partial charge in [-0.3, -0.25) is 0 Å². The Kier molecular flexibility index (Phi) is 9.99. The molecule has 0 unspecified atom stereocenters. The first-order valence-corrected chi connectivity index (χ1v) is 14.5. The maximum absolute atomic E-state index is 15.0. The molecule has 10 heteroatoms. The van der Waals surface area contributed by atoms with E-state index in [1.807, 2.05) is 69.5 Å². The van der Waals surface area contributed by atoms with Crippen LogP contribution in [0.2, 0.25) is 0 Å². The van der Waals surface area contributed by atoms with Crippen LogP contribution < -0.4 is 5.73 Å². The van der Waals surface area contributed by atoms with Gasteiger partial charge in [0.05, 0.1) is 23.9 Å². The molecular formula is C32H42F3N5O2. The first kappa shape index (κ1) is 31.6. The van der Waals surface area contributed by atoms with E-state index in [1.165, 1.54) is 0 Å². The molecule has 0 spiro atoms. The molecule has 1 fully saturated rings. The Balaban J connectivity index is 1.86. The van der Waals surface area contributed by atoms with Crippen molar-refractivity contribution in [2.75, 3.05) is 26.3 Å². The van der Waals surface area contributed by atoms with Crippen LogP contribution in [0, 0.1) is 17.0 Å². The highest BCUT2D eigenvalue weighted by Crippen LogP contribution is 2.40. The Labute approximate surface area is 246 Å². The first-order chi connectivity index (χ1) is 19.9. The Bertz CT molecular complexity index is 1330. The van der Waals surface area contributed by atoms with E-state index in [0.29, 0.717) is 25.5 Å². The van der Waals surface area contributed by atoms with Gasteiger partial charge in [-0.1, -0.05) is 51.1 Å². The van der Waals surface area contributed by atoms with Crippen molar-refractivity contribution in [3.05, 3.63) is 77.8 Å². The van der Waals surface area contributed by atoms with E-state index in [-0.39, 0.29) is 42.5 Å². The lowest BCUT2D eigenvalue weighted by Gasteiger charge is -2.44. The zero-order valence-corrected chi connectivity index (χ0v) is 25.1. The van der Waals surface area contributed by atoms with Crippen molar-refractivity contribution in [2.45, 2.75) is 71.9 Å². The van der Waals surface area contributed by atoms with E-state index >= 15 is 0 Å². The van der Waals surface area contributed by atoms with Gasteiger partial charge in [-0.2, -0.15) is 0 Å². The number of ether oxygens (including phenoxy) is 1. The monoisotopic (exact) mass is 585 g/mol. The predicted molar refractivity (Wildman–Crippen MR) is 158 cm³/mol. The number of nitrogens with two attached hydrogens (primary N) is 1. The van der Waals surface area contributed by atoms with Gasteiger partial charge >= 0.3 is 6.03 Å². The maximum Gasteiger partial charge on any atom is 0.320 e. The number of alkyl halides is 1. The summed E-state index contributed by atoms with van der Waals surface area (Å²) >= 11 is 0. The van der Waals surface area contributed by atoms with Crippen LogP contribution in [0.25, 0.3) is 11.3 Å². The van der Waals surface area contributed by atoms with Gasteiger partial charge in [-0.15, -0.1) is 0 Å². The highest BCUT2D eigenvalue weighted by molar-refractivity contribution is 5.75. The van der Waals surface area contributed by atoms with E-state index in [4.69, 9.17) is 15.5 Å². The number of carbonyl (C=O) groups is 1. The second-order valence-electron chi connectivity index (χ2n) is 12.3. The second kappa shape index (κ2) is 13.3. The molecule has 4 atom stereocenters. The zero-order chi connectivity index (χ0) is 30.6. The normalized spacial score (nSPS) is 19.0. The molecule has 0 saturated carbocycles. The van der Waals surface area contributed by atoms with Crippen molar-refractivity contribution in [2.24, 2.45) is 11.1 Å². The van der Waals surface area contributed by atoms with Crippen molar-refractivity contribution in [1.29, 1.82) is 0 Å². The fourth-order valence-corrected chi connectivity index (χ4v) is 5.61. The van der Waals surface area contributed by atoms with Crippen LogP contribution in [0.15, 0.2) is 54.7 Å². The number of hydrogen-bond acceptors (Lipinski definition) is 4. The number of carbonyl (C=O) groups excluding carboxylic acids is 1. The lowest BCUT2D eigenvalue weighted by atomic mass is 9.84. The van der Waals surface area contributed by atoms with Crippen LogP contribution in [0.4, 0.5) is 18.0 Å². The maximum atomic E-state index is 15.0. The van der Waals surface area contributed by atoms with Gasteiger partial charge < -0.3 is 24.8 Å². The van der Waals surface area contributed by atoms with Crippen LogP contribution in [0.5, 0.6) is 0 Å². The topological polar surface area (TPSA) is 76.6 Å². The average Bonchev–Trinajstić information content (AvgIpc) is 3.33. The first-order valence-electron chi connectivity index (χ1n) is 14.5. The SMILES string of the molecule is C[C@@H]1CN(C(=O)N(CC[C@H](N)CF)[C@@H](c2nc(-c3cc(F)ccc3F)cn2Cc2ccccc2)C(C)(C)C)C[C@H](C)O1. The molecule has 7 nitrogen and oxygen atoms in total. The Morgan fingerprint density at radius 2 is 1.79 bits per heavy atom. The molecule has 0 aliphatic carbocycles. The fourth-order valence-electron chi connectivity index (χ4n) is 5.61. The molecule has 2 N–H and O–H groups in total. The Hall–Kier alpha value is -3.37. The second-order valence-corrected chi connectivity index (χ2v) is 12.3. The van der Waals surface area contributed by atoms with Crippen molar-refractivity contribution in [3.8, 4) is 11.3 Å². The van der Waals surface area contributed by atoms with E-state index < -0.39 is 35.8 Å². The van der Waals surface area contributed by atoms with Gasteiger partial charge in [0.25, 0.3) is 0 Å². The van der Waals surface area contributed by atoms with Crippen LogP contribution in [0.1, 0.15) is 58.5 Å². The number of urea groups is 1. The fraction of sp³-hybridized carbons (Fsp3) is 0.500. The number of nitrogens with zero attached hydrogens (tertiary/aromatic N) is 4. The Morgan fingerprint density at radius 1 is 1.12 bits per heavy atom. The summed E-state index contributed by atoms with van der Waals surface area (Å²) < 4.78 is 50.4. The molecule has 2 heterocycles. The summed E-state index contributed by atoms with van der Waals surface area (Å²) in [6, 6.07) is 11.4. The van der Waals surface area contributed by atoms with Crippen molar-refractivity contribution in [3.63, 3.8) is 0 Å². The largest absolute Gasteiger partial charge is 0.372 e. The number of halogens is 3. The number of rotatable bonds is 9. The van der Waals surface area contributed by atoms with Crippen molar-refractivity contribution < 1.29 is 22.7 Å². The smallest absolute Gasteiger partial charge is 0.320 e. The molecular weight excluding hydrogens is 543 g/mol. The third kappa shape index (κ3) is 7.52. The molecule has 2 amide bonds. The van der Waals surface area contributed by atoms with E-state index in [9.17, 15) is 18.0 Å². The van der Waals surface area contributed by atoms with Gasteiger partial charge in [0, 0.05) is 44.0 Å². The molecule has 1 saturated heterocycles. The number of aromatic nitrogens is 2. The molecule has 1 aromatic heterocycles. The average molecular weight is 586 g/mol. The molecule has 0 bridgehead atoms. The standard InChI is InChI=1S/C32H42F3N5O2/c1-21-17-39(18-22(2)42-21)31(41)40(14-13-25(36)16-33)29(32(3,4)5)30-37-28(26-15-24(34)11-12-27(26)35)20-38(30)19-23-9-7-6-8-10-23/h6-12,15,20-22,25,29H,13-14,16-19,36H2,1-5H3/t21-,22+,25-,29-/m0/s1. The minimum absolute atomic E-state index is 0.0314. The molecule has 2 aromatic carbocycles. The van der Waals surface area contributed by atoms with Gasteiger partial charge in [0.15, 0.2) is 0 Å². The summed E-state index contributed by atoms with van der Waals surface area (Å²) in [6.07, 6.45) is 1.65. The number of benzene rings is 2. The number of imidazole rings is 1. The van der Waals surface area contributed by atoms with E-state index in [1.54, 1.807) is 16.0 Å². The number of amides is 2. The summed E-state index contributed by atoms with van der Waals surface area (Å²) in [6.45, 7) is 10.5. The summed E-state index contributed by atoms with van der Waals surface area (Å²) in [4.78, 5) is 22.7. The minimum atomic E-state index is -0.732. The molecule has 1 aliphatic rings. The number of morpholine rings is 1. The minimum Gasteiger partial charge on any atom is -0.372 e. The Morgan fingerprint density at radius 3 is 2.40 bits per heavy atom. The third-order valence-electron chi connectivity index (χ3n) is 7.46. The van der Waals surface area contributed by atoms with E-state index in [0.717, 1.165) is 23.8 Å². The third-order valence-corrected chi connectivity index (χ3v) is 7.46. The molecule has 0 radical (unpaired) electrons. The molecule has 3 aromatic rings. The summed E-state index contributed by atoms with van der Waals surface area (Å²) in [7, 11) is 0. The highest BCUT2D eigenvalue weighted by atomic mass is 19.1. The van der Waals surface area contributed by atoms with Gasteiger partial charge in [-0.05, 0) is 49.4 Å². The van der Waals surface area contributed by atoms with Crippen molar-refractivity contribution >= 4 is 6.03 Å². The quantitative estimate of drug-likeness (QED) is 0.325. The molecule has 1 aliphatic heterocycles. The van der Waals surface area contributed by atoms with Crippen molar-refractivity contribution in [1.82, 2.24) is 19.4 Å². The zero-order valence-electron chi connectivity index (χ0n) is 25.1. The van der Waals surface area contributed by atoms with Crippen LogP contribution in [-0.2, 0) is 11.3 Å². The lowest BCUT2D eigenvalue weighted by molar-refractivity contribution is -0.0613. The predicted octanol–water partition coefficient (Wildman–Crippen LogP) is 6.18. The lowest BCUT2D eigenvalue weighted by Crippen LogP contribution is -2.55. The highest BCUT2D eigenvalue weighted by Gasteiger charge is 2.41. The van der Waals surface area contributed by atoms with Crippen LogP contribution >= 0.6 is 0 Å². The molecule has 228 valence electrons. The van der Waals surface area contributed by atoms with Gasteiger partial charge in [-0.25, -0.2) is 22.9 Å². The van der Waals surface area contributed by atoms with Gasteiger partial charge in [0.1, 0.15) is 24.1 Å². The van der Waals surface area contributed by atoms with Crippen LogP contribution in [-0.4, -0.2) is 69.9 Å². The summed E-state index contributed by atoms with van der Waals surface area (Å²) in [5.41, 5.74) is 6.70. The van der Waals surface area contributed by atoms with Gasteiger partial charge in [0.2, 0.25) is 0 Å². The molecule has 4 rings (SSSR count). The summed E-state index contributed by atoms with van der Waals surface area (Å²) in [5, 5.41) is 0. The van der Waals surface area contributed by atoms with Crippen LogP contribution in [0.3, 0.4) is 0 Å². The van der Waals surface area contributed by atoms with E-state index in [2.05, 4.69) is 0 Å². The number of hydrogen-bond donors (Lipinski definition) is 1. The summed E-state index contributed by atoms with van der Waals surface area (Å²) in [5.74, 6) is -0.662. The molecule has 42 heavy (non-hydrogen) atoms.